The van der Waals surface area contributed by atoms with E-state index in [1.807, 2.05) is 0 Å². The summed E-state index contributed by atoms with van der Waals surface area (Å²) in [5.41, 5.74) is 1.37. The molecule has 2 heteroatoms. The van der Waals surface area contributed by atoms with Crippen LogP contribution in [0.15, 0.2) is 11.6 Å². The fraction of sp³-hybridized carbons (Fsp3) is 0.778. The van der Waals surface area contributed by atoms with Gasteiger partial charge in [0.1, 0.15) is 0 Å². The molecule has 0 aromatic heterocycles. The molecule has 0 N–H and O–H groups in total. The molecule has 0 aromatic carbocycles. The average Bonchev–Trinajstić information content (AvgIpc) is 2.58. The van der Waals surface area contributed by atoms with Crippen LogP contribution in [0.2, 0.25) is 0 Å². The fourth-order valence-electron chi connectivity index (χ4n) is 1.61. The van der Waals surface area contributed by atoms with Crippen LogP contribution in [0.4, 0.5) is 0 Å². The minimum Gasteiger partial charge on any atom is -0.349 e. The Hall–Kier alpha value is -0.340. The summed E-state index contributed by atoms with van der Waals surface area (Å²) in [6.07, 6.45) is 6.97. The molecule has 0 radical (unpaired) electrons. The molecule has 0 bridgehead atoms. The lowest BCUT2D eigenvalue weighted by Gasteiger charge is -2.24. The quantitative estimate of drug-likeness (QED) is 0.537. The van der Waals surface area contributed by atoms with Gasteiger partial charge in [-0.3, -0.25) is 0 Å². The molecule has 2 rings (SSSR count). The lowest BCUT2D eigenvalue weighted by Crippen LogP contribution is -2.26. The highest BCUT2D eigenvalue weighted by atomic mass is 16.7. The van der Waals surface area contributed by atoms with Gasteiger partial charge in [-0.15, -0.1) is 0 Å². The maximum absolute atomic E-state index is 5.47. The highest BCUT2D eigenvalue weighted by Gasteiger charge is 2.20. The van der Waals surface area contributed by atoms with Crippen molar-refractivity contribution in [2.75, 3.05) is 13.2 Å². The highest BCUT2D eigenvalue weighted by molar-refractivity contribution is 5.10. The van der Waals surface area contributed by atoms with Crippen molar-refractivity contribution in [3.63, 3.8) is 0 Å². The van der Waals surface area contributed by atoms with E-state index in [9.17, 15) is 0 Å². The third-order valence-corrected chi connectivity index (χ3v) is 2.21. The zero-order valence-electron chi connectivity index (χ0n) is 6.71. The first-order chi connectivity index (χ1) is 5.47. The molecule has 0 spiro atoms. The van der Waals surface area contributed by atoms with Gasteiger partial charge >= 0.3 is 0 Å². The van der Waals surface area contributed by atoms with Gasteiger partial charge in [0.15, 0.2) is 6.29 Å². The minimum absolute atomic E-state index is 0.00579. The van der Waals surface area contributed by atoms with Gasteiger partial charge in [0.25, 0.3) is 0 Å². The average molecular weight is 154 g/mol. The van der Waals surface area contributed by atoms with Crippen molar-refractivity contribution in [3.8, 4) is 0 Å². The molecule has 0 aromatic rings. The first-order valence-corrected chi connectivity index (χ1v) is 4.39. The van der Waals surface area contributed by atoms with E-state index in [0.29, 0.717) is 0 Å². The second-order valence-electron chi connectivity index (χ2n) is 3.10. The standard InChI is InChI=1S/C9H14O2/c1-2-5-8(4-1)9-10-6-3-7-11-9/h4,9H,1-3,5-7H2. The van der Waals surface area contributed by atoms with Crippen LogP contribution in [0.1, 0.15) is 25.7 Å². The normalized spacial score (nSPS) is 27.1. The molecule has 2 aliphatic rings. The van der Waals surface area contributed by atoms with Crippen LogP contribution in [0.5, 0.6) is 0 Å². The molecule has 0 unspecified atom stereocenters. The third kappa shape index (κ3) is 1.63. The van der Waals surface area contributed by atoms with Gasteiger partial charge in [0.2, 0.25) is 0 Å². The zero-order chi connectivity index (χ0) is 7.52. The van der Waals surface area contributed by atoms with Crippen molar-refractivity contribution in [2.45, 2.75) is 32.0 Å². The monoisotopic (exact) mass is 154 g/mol. The predicted octanol–water partition coefficient (Wildman–Crippen LogP) is 1.86. The van der Waals surface area contributed by atoms with E-state index in [-0.39, 0.29) is 6.29 Å². The van der Waals surface area contributed by atoms with Crippen molar-refractivity contribution in [3.05, 3.63) is 11.6 Å². The lowest BCUT2D eigenvalue weighted by molar-refractivity contribution is -0.157. The molecule has 11 heavy (non-hydrogen) atoms. The molecule has 1 aliphatic carbocycles. The summed E-state index contributed by atoms with van der Waals surface area (Å²) >= 11 is 0. The van der Waals surface area contributed by atoms with Crippen molar-refractivity contribution >= 4 is 0 Å². The predicted molar refractivity (Wildman–Crippen MR) is 42.2 cm³/mol. The Kier molecular flexibility index (Phi) is 2.24. The smallest absolute Gasteiger partial charge is 0.179 e. The molecule has 1 aliphatic heterocycles. The largest absolute Gasteiger partial charge is 0.349 e. The zero-order valence-corrected chi connectivity index (χ0v) is 6.71. The molecule has 0 amide bonds. The van der Waals surface area contributed by atoms with E-state index in [0.717, 1.165) is 19.6 Å². The van der Waals surface area contributed by atoms with Gasteiger partial charge in [-0.2, -0.15) is 0 Å². The van der Waals surface area contributed by atoms with E-state index in [2.05, 4.69) is 6.08 Å². The summed E-state index contributed by atoms with van der Waals surface area (Å²) < 4.78 is 10.9. The van der Waals surface area contributed by atoms with Gasteiger partial charge in [0.05, 0.1) is 13.2 Å². The fourth-order valence-corrected chi connectivity index (χ4v) is 1.61. The van der Waals surface area contributed by atoms with Crippen LogP contribution in [-0.2, 0) is 9.47 Å². The maximum atomic E-state index is 5.47. The van der Waals surface area contributed by atoms with Crippen LogP contribution in [0.3, 0.4) is 0 Å². The van der Waals surface area contributed by atoms with E-state index >= 15 is 0 Å². The van der Waals surface area contributed by atoms with E-state index in [1.165, 1.54) is 24.8 Å². The number of hydrogen-bond donors (Lipinski definition) is 0. The summed E-state index contributed by atoms with van der Waals surface area (Å²) in [5.74, 6) is 0. The first kappa shape index (κ1) is 7.32. The molecule has 1 fully saturated rings. The van der Waals surface area contributed by atoms with Crippen molar-refractivity contribution < 1.29 is 9.47 Å². The van der Waals surface area contributed by atoms with Crippen molar-refractivity contribution in [2.24, 2.45) is 0 Å². The van der Waals surface area contributed by atoms with Crippen LogP contribution in [-0.4, -0.2) is 19.5 Å². The Morgan fingerprint density at radius 3 is 2.64 bits per heavy atom. The Morgan fingerprint density at radius 2 is 2.00 bits per heavy atom. The van der Waals surface area contributed by atoms with Crippen molar-refractivity contribution in [1.82, 2.24) is 0 Å². The van der Waals surface area contributed by atoms with Crippen LogP contribution in [0.25, 0.3) is 0 Å². The third-order valence-electron chi connectivity index (χ3n) is 2.21. The molecule has 62 valence electrons. The topological polar surface area (TPSA) is 18.5 Å². The minimum atomic E-state index is 0.00579. The van der Waals surface area contributed by atoms with E-state index in [1.54, 1.807) is 0 Å². The Bertz CT molecular complexity index is 157. The molecular formula is C9H14O2. The molecule has 1 saturated heterocycles. The molecule has 1 heterocycles. The molecule has 0 saturated carbocycles. The van der Waals surface area contributed by atoms with Gasteiger partial charge in [0, 0.05) is 0 Å². The van der Waals surface area contributed by atoms with Crippen LogP contribution < -0.4 is 0 Å². The second-order valence-corrected chi connectivity index (χ2v) is 3.10. The molecule has 0 atom stereocenters. The van der Waals surface area contributed by atoms with Crippen LogP contribution in [0, 0.1) is 0 Å². The van der Waals surface area contributed by atoms with Crippen LogP contribution >= 0.6 is 0 Å². The number of allylic oxidation sites excluding steroid dienone is 1. The van der Waals surface area contributed by atoms with Crippen molar-refractivity contribution in [1.29, 1.82) is 0 Å². The highest BCUT2D eigenvalue weighted by Crippen LogP contribution is 2.24. The Morgan fingerprint density at radius 1 is 1.18 bits per heavy atom. The lowest BCUT2D eigenvalue weighted by atomic mass is 10.2. The molecular weight excluding hydrogens is 140 g/mol. The summed E-state index contributed by atoms with van der Waals surface area (Å²) in [4.78, 5) is 0. The summed E-state index contributed by atoms with van der Waals surface area (Å²) in [6, 6.07) is 0. The number of rotatable bonds is 1. The second kappa shape index (κ2) is 3.37. The first-order valence-electron chi connectivity index (χ1n) is 4.39. The summed E-state index contributed by atoms with van der Waals surface area (Å²) in [6.45, 7) is 1.73. The molecule has 2 nitrogen and oxygen atoms in total. The summed E-state index contributed by atoms with van der Waals surface area (Å²) in [5, 5.41) is 0. The number of ether oxygens (including phenoxy) is 2. The Balaban J connectivity index is 1.92. The van der Waals surface area contributed by atoms with E-state index in [4.69, 9.17) is 9.47 Å². The maximum Gasteiger partial charge on any atom is 0.179 e. The van der Waals surface area contributed by atoms with Gasteiger partial charge in [-0.1, -0.05) is 6.08 Å². The van der Waals surface area contributed by atoms with Gasteiger partial charge in [-0.05, 0) is 31.3 Å². The van der Waals surface area contributed by atoms with Gasteiger partial charge < -0.3 is 9.47 Å². The number of hydrogen-bond acceptors (Lipinski definition) is 2. The van der Waals surface area contributed by atoms with Gasteiger partial charge in [-0.25, -0.2) is 0 Å². The SMILES string of the molecule is C1=C(C2OCCCO2)CCC1. The summed E-state index contributed by atoms with van der Waals surface area (Å²) in [7, 11) is 0. The Labute approximate surface area is 67.2 Å². The van der Waals surface area contributed by atoms with E-state index < -0.39 is 0 Å².